The van der Waals surface area contributed by atoms with Gasteiger partial charge in [0.1, 0.15) is 23.5 Å². The maximum Gasteiger partial charge on any atom is 0.287 e. The molecule has 0 spiro atoms. The molecule has 5 rings (SSSR count). The summed E-state index contributed by atoms with van der Waals surface area (Å²) in [6.45, 7) is 3.97. The lowest BCUT2D eigenvalue weighted by atomic mass is 10.1. The Morgan fingerprint density at radius 1 is 1.03 bits per heavy atom. The van der Waals surface area contributed by atoms with Crippen molar-refractivity contribution in [2.24, 2.45) is 0 Å². The predicted molar refractivity (Wildman–Crippen MR) is 125 cm³/mol. The second-order valence-electron chi connectivity index (χ2n) is 7.99. The van der Waals surface area contributed by atoms with Crippen molar-refractivity contribution in [2.45, 2.75) is 6.92 Å². The minimum absolute atomic E-state index is 0.0475. The lowest BCUT2D eigenvalue weighted by Crippen LogP contribution is -2.49. The highest BCUT2D eigenvalue weighted by Crippen LogP contribution is 2.27. The Balaban J connectivity index is 1.37. The molecule has 1 aromatic carbocycles. The minimum atomic E-state index is -0.471. The van der Waals surface area contributed by atoms with Crippen molar-refractivity contribution >= 4 is 17.4 Å². The molecule has 0 N–H and O–H groups in total. The van der Waals surface area contributed by atoms with Gasteiger partial charge in [0.05, 0.1) is 16.2 Å². The van der Waals surface area contributed by atoms with E-state index in [-0.39, 0.29) is 11.6 Å². The summed E-state index contributed by atoms with van der Waals surface area (Å²) in [5.74, 6) is 1.82. The Bertz CT molecular complexity index is 1320. The van der Waals surface area contributed by atoms with Gasteiger partial charge in [-0.1, -0.05) is 18.2 Å². The van der Waals surface area contributed by atoms with Gasteiger partial charge >= 0.3 is 0 Å². The normalized spacial score (nSPS) is 13.8. The smallest absolute Gasteiger partial charge is 0.287 e. The highest BCUT2D eigenvalue weighted by atomic mass is 16.6. The first-order valence-corrected chi connectivity index (χ1v) is 10.9. The molecule has 0 radical (unpaired) electrons. The van der Waals surface area contributed by atoms with Crippen LogP contribution in [0.5, 0.6) is 0 Å². The fraction of sp³-hybridized carbons (Fsp3) is 0.208. The Morgan fingerprint density at radius 3 is 2.41 bits per heavy atom. The number of furan rings is 1. The first-order chi connectivity index (χ1) is 16.5. The van der Waals surface area contributed by atoms with Gasteiger partial charge in [0.2, 0.25) is 0 Å². The number of para-hydroxylation sites is 1. The average molecular weight is 458 g/mol. The van der Waals surface area contributed by atoms with E-state index in [4.69, 9.17) is 4.42 Å². The van der Waals surface area contributed by atoms with Crippen LogP contribution in [0.1, 0.15) is 16.1 Å². The van der Waals surface area contributed by atoms with E-state index in [1.54, 1.807) is 21.8 Å². The molecule has 4 heterocycles. The Labute approximate surface area is 195 Å². The number of hydrogen-bond acceptors (Lipinski definition) is 7. The van der Waals surface area contributed by atoms with Crippen LogP contribution in [0.4, 0.5) is 11.5 Å². The summed E-state index contributed by atoms with van der Waals surface area (Å²) in [5, 5.41) is 15.5. The number of aryl methyl sites for hydroxylation is 1. The molecule has 10 heteroatoms. The number of nitro groups is 1. The van der Waals surface area contributed by atoms with Crippen LogP contribution in [0.25, 0.3) is 17.1 Å². The number of aromatic nitrogens is 3. The molecular formula is C24H22N6O4. The highest BCUT2D eigenvalue weighted by molar-refractivity contribution is 5.99. The van der Waals surface area contributed by atoms with Crippen molar-refractivity contribution in [1.29, 1.82) is 0 Å². The third kappa shape index (κ3) is 4.13. The van der Waals surface area contributed by atoms with E-state index in [1.165, 1.54) is 12.3 Å². The molecule has 0 aliphatic carbocycles. The number of hydrogen-bond donors (Lipinski definition) is 0. The van der Waals surface area contributed by atoms with Crippen LogP contribution in [0, 0.1) is 17.0 Å². The zero-order chi connectivity index (χ0) is 23.7. The third-order valence-electron chi connectivity index (χ3n) is 5.77. The van der Waals surface area contributed by atoms with Crippen LogP contribution in [-0.4, -0.2) is 56.7 Å². The molecule has 10 nitrogen and oxygen atoms in total. The zero-order valence-electron chi connectivity index (χ0n) is 18.5. The number of amides is 1. The van der Waals surface area contributed by atoms with Gasteiger partial charge in [0.15, 0.2) is 5.76 Å². The number of piperazine rings is 1. The van der Waals surface area contributed by atoms with Crippen molar-refractivity contribution < 1.29 is 14.1 Å². The standard InChI is InChI=1S/C24H22N6O4/c1-17-7-9-21(34-17)23-20(16-29(26-23)18-5-3-2-4-6-18)24(31)28-13-11-27(12-14-28)22-10-8-19(15-25-22)30(32)33/h2-10,15-16H,11-14H2,1H3. The third-order valence-corrected chi connectivity index (χ3v) is 5.77. The van der Waals surface area contributed by atoms with E-state index in [1.807, 2.05) is 54.3 Å². The average Bonchev–Trinajstić information content (AvgIpc) is 3.51. The van der Waals surface area contributed by atoms with Crippen LogP contribution in [0.3, 0.4) is 0 Å². The molecule has 4 aromatic rings. The van der Waals surface area contributed by atoms with Crippen molar-refractivity contribution in [3.8, 4) is 17.1 Å². The van der Waals surface area contributed by atoms with Crippen molar-refractivity contribution in [1.82, 2.24) is 19.7 Å². The molecule has 172 valence electrons. The van der Waals surface area contributed by atoms with Gasteiger partial charge in [-0.05, 0) is 37.3 Å². The molecule has 3 aromatic heterocycles. The van der Waals surface area contributed by atoms with Crippen molar-refractivity contribution in [3.05, 3.63) is 88.4 Å². The van der Waals surface area contributed by atoms with Crippen LogP contribution in [-0.2, 0) is 0 Å². The lowest BCUT2D eigenvalue weighted by molar-refractivity contribution is -0.385. The fourth-order valence-electron chi connectivity index (χ4n) is 3.97. The number of anilines is 1. The predicted octanol–water partition coefficient (Wildman–Crippen LogP) is 3.71. The van der Waals surface area contributed by atoms with Crippen molar-refractivity contribution in [2.75, 3.05) is 31.1 Å². The van der Waals surface area contributed by atoms with Gasteiger partial charge in [0.25, 0.3) is 11.6 Å². The van der Waals surface area contributed by atoms with Gasteiger partial charge in [-0.2, -0.15) is 5.10 Å². The molecule has 1 aliphatic rings. The first kappa shape index (κ1) is 21.4. The number of nitrogens with zero attached hydrogens (tertiary/aromatic N) is 6. The molecule has 1 amide bonds. The Morgan fingerprint density at radius 2 is 1.79 bits per heavy atom. The zero-order valence-corrected chi connectivity index (χ0v) is 18.5. The monoisotopic (exact) mass is 458 g/mol. The summed E-state index contributed by atoms with van der Waals surface area (Å²) < 4.78 is 7.48. The van der Waals surface area contributed by atoms with Crippen LogP contribution in [0.2, 0.25) is 0 Å². The molecule has 1 aliphatic heterocycles. The topological polar surface area (TPSA) is 111 Å². The van der Waals surface area contributed by atoms with Gasteiger partial charge in [-0.3, -0.25) is 14.9 Å². The summed E-state index contributed by atoms with van der Waals surface area (Å²) in [4.78, 5) is 31.9. The number of benzene rings is 1. The highest BCUT2D eigenvalue weighted by Gasteiger charge is 2.28. The maximum absolute atomic E-state index is 13.5. The summed E-state index contributed by atoms with van der Waals surface area (Å²) >= 11 is 0. The van der Waals surface area contributed by atoms with E-state index in [9.17, 15) is 14.9 Å². The van der Waals surface area contributed by atoms with Crippen LogP contribution < -0.4 is 4.90 Å². The van der Waals surface area contributed by atoms with Gasteiger partial charge in [0, 0.05) is 38.4 Å². The molecule has 0 unspecified atom stereocenters. The molecule has 1 saturated heterocycles. The van der Waals surface area contributed by atoms with Gasteiger partial charge in [-0.15, -0.1) is 0 Å². The van der Waals surface area contributed by atoms with E-state index >= 15 is 0 Å². The number of pyridine rings is 1. The van der Waals surface area contributed by atoms with E-state index in [0.29, 0.717) is 49.0 Å². The Hall–Kier alpha value is -4.47. The van der Waals surface area contributed by atoms with Crippen molar-refractivity contribution in [3.63, 3.8) is 0 Å². The van der Waals surface area contributed by atoms with E-state index in [0.717, 1.165) is 11.4 Å². The molecule has 1 fully saturated rings. The second kappa shape index (κ2) is 8.81. The molecule has 0 bridgehead atoms. The maximum atomic E-state index is 13.5. The van der Waals surface area contributed by atoms with E-state index < -0.39 is 4.92 Å². The summed E-state index contributed by atoms with van der Waals surface area (Å²) in [5.41, 5.74) is 1.77. The summed E-state index contributed by atoms with van der Waals surface area (Å²) in [6, 6.07) is 16.4. The first-order valence-electron chi connectivity index (χ1n) is 10.9. The molecule has 0 atom stereocenters. The van der Waals surface area contributed by atoms with Gasteiger partial charge < -0.3 is 14.2 Å². The molecular weight excluding hydrogens is 436 g/mol. The van der Waals surface area contributed by atoms with Gasteiger partial charge in [-0.25, -0.2) is 9.67 Å². The lowest BCUT2D eigenvalue weighted by Gasteiger charge is -2.35. The van der Waals surface area contributed by atoms with Crippen LogP contribution >= 0.6 is 0 Å². The largest absolute Gasteiger partial charge is 0.460 e. The SMILES string of the molecule is Cc1ccc(-c2nn(-c3ccccc3)cc2C(=O)N2CCN(c3ccc([N+](=O)[O-])cn3)CC2)o1. The van der Waals surface area contributed by atoms with Crippen LogP contribution in [0.15, 0.2) is 71.4 Å². The molecule has 34 heavy (non-hydrogen) atoms. The quantitative estimate of drug-likeness (QED) is 0.331. The second-order valence-corrected chi connectivity index (χ2v) is 7.99. The summed E-state index contributed by atoms with van der Waals surface area (Å²) in [6.07, 6.45) is 3.00. The Kier molecular flexibility index (Phi) is 5.54. The summed E-state index contributed by atoms with van der Waals surface area (Å²) in [7, 11) is 0. The minimum Gasteiger partial charge on any atom is -0.460 e. The number of carbonyl (C=O) groups excluding carboxylic acids is 1. The molecule has 0 saturated carbocycles. The van der Waals surface area contributed by atoms with E-state index in [2.05, 4.69) is 10.1 Å². The number of carbonyl (C=O) groups is 1. The number of rotatable bonds is 5. The fourth-order valence-corrected chi connectivity index (χ4v) is 3.97.